The molecule has 0 saturated carbocycles. The van der Waals surface area contributed by atoms with Gasteiger partial charge in [-0.3, -0.25) is 0 Å². The molecule has 2 aliphatic heterocycles. The average molecular weight is 429 g/mol. The molecule has 0 bridgehead atoms. The molecule has 2 heterocycles. The van der Waals surface area contributed by atoms with Gasteiger partial charge in [-0.25, -0.2) is 8.42 Å². The molecule has 2 aliphatic rings. The molecular weight excluding hydrogens is 405 g/mol. The fraction of sp³-hybridized carbons (Fsp3) is 0.625. The highest BCUT2D eigenvalue weighted by molar-refractivity contribution is 7.89. The fourth-order valence-corrected chi connectivity index (χ4v) is 5.57. The van der Waals surface area contributed by atoms with Crippen LogP contribution in [-0.2, 0) is 10.0 Å². The van der Waals surface area contributed by atoms with Crippen LogP contribution in [0.4, 0.5) is 0 Å². The van der Waals surface area contributed by atoms with Crippen LogP contribution < -0.4 is 5.32 Å². The Morgan fingerprint density at radius 3 is 2.52 bits per heavy atom. The average Bonchev–Trinajstić information content (AvgIpc) is 2.58. The van der Waals surface area contributed by atoms with E-state index in [0.29, 0.717) is 24.0 Å². The van der Waals surface area contributed by atoms with E-state index in [-0.39, 0.29) is 22.3 Å². The van der Waals surface area contributed by atoms with E-state index in [9.17, 15) is 8.42 Å². The van der Waals surface area contributed by atoms with Crippen molar-refractivity contribution in [2.24, 2.45) is 5.92 Å². The summed E-state index contributed by atoms with van der Waals surface area (Å²) >= 11 is 12.0. The predicted molar refractivity (Wildman–Crippen MR) is 105 cm³/mol. The Labute approximate surface area is 166 Å². The molecular formula is C16H24Cl3N3O2S. The third kappa shape index (κ3) is 5.22. The highest BCUT2D eigenvalue weighted by Gasteiger charge is 2.31. The lowest BCUT2D eigenvalue weighted by Gasteiger charge is -2.36. The number of nitrogens with one attached hydrogen (secondary N) is 1. The van der Waals surface area contributed by atoms with Crippen LogP contribution in [0.25, 0.3) is 0 Å². The molecule has 1 aromatic rings. The highest BCUT2D eigenvalue weighted by Crippen LogP contribution is 2.28. The molecule has 0 radical (unpaired) electrons. The first-order chi connectivity index (χ1) is 11.5. The van der Waals surface area contributed by atoms with E-state index in [0.717, 1.165) is 32.7 Å². The minimum Gasteiger partial charge on any atom is -0.316 e. The van der Waals surface area contributed by atoms with Gasteiger partial charge >= 0.3 is 0 Å². The second-order valence-corrected chi connectivity index (χ2v) is 9.24. The smallest absolute Gasteiger partial charge is 0.244 e. The summed E-state index contributed by atoms with van der Waals surface area (Å²) in [6.45, 7) is 5.72. The van der Waals surface area contributed by atoms with Gasteiger partial charge in [-0.15, -0.1) is 12.4 Å². The summed E-state index contributed by atoms with van der Waals surface area (Å²) in [6.07, 6.45) is 2.48. The molecule has 142 valence electrons. The first kappa shape index (κ1) is 21.2. The van der Waals surface area contributed by atoms with Crippen molar-refractivity contribution in [1.29, 1.82) is 0 Å². The van der Waals surface area contributed by atoms with Crippen LogP contribution in [0.15, 0.2) is 23.1 Å². The Bertz CT molecular complexity index is 673. The van der Waals surface area contributed by atoms with Gasteiger partial charge < -0.3 is 10.2 Å². The first-order valence-corrected chi connectivity index (χ1v) is 10.5. The van der Waals surface area contributed by atoms with Crippen molar-refractivity contribution >= 4 is 45.6 Å². The van der Waals surface area contributed by atoms with Crippen LogP contribution in [-0.4, -0.2) is 63.4 Å². The largest absolute Gasteiger partial charge is 0.316 e. The summed E-state index contributed by atoms with van der Waals surface area (Å²) < 4.78 is 27.1. The quantitative estimate of drug-likeness (QED) is 0.801. The zero-order chi connectivity index (χ0) is 17.2. The standard InChI is InChI=1S/C16H23Cl2N3O2S.ClH/c17-14-3-4-15(18)16(10-14)24(22,23)21-8-6-20(7-9-21)12-13-2-1-5-19-11-13;/h3-4,10,13,19H,1-2,5-9,11-12H2;1H. The molecule has 1 aromatic carbocycles. The minimum absolute atomic E-state index is 0. The second-order valence-electron chi connectivity index (χ2n) is 6.49. The summed E-state index contributed by atoms with van der Waals surface area (Å²) in [7, 11) is -3.59. The Hall–Kier alpha value is -0.0800. The van der Waals surface area contributed by atoms with Crippen molar-refractivity contribution in [3.05, 3.63) is 28.2 Å². The van der Waals surface area contributed by atoms with Gasteiger partial charge in [0.1, 0.15) is 4.90 Å². The van der Waals surface area contributed by atoms with E-state index in [4.69, 9.17) is 23.2 Å². The predicted octanol–water partition coefficient (Wildman–Crippen LogP) is 2.72. The van der Waals surface area contributed by atoms with Crippen molar-refractivity contribution in [3.63, 3.8) is 0 Å². The van der Waals surface area contributed by atoms with Crippen LogP contribution in [0.2, 0.25) is 10.0 Å². The lowest BCUT2D eigenvalue weighted by atomic mass is 9.99. The number of sulfonamides is 1. The first-order valence-electron chi connectivity index (χ1n) is 8.35. The molecule has 0 spiro atoms. The zero-order valence-electron chi connectivity index (χ0n) is 14.0. The zero-order valence-corrected chi connectivity index (χ0v) is 17.1. The van der Waals surface area contributed by atoms with Crippen molar-refractivity contribution in [1.82, 2.24) is 14.5 Å². The summed E-state index contributed by atoms with van der Waals surface area (Å²) in [4.78, 5) is 2.46. The lowest BCUT2D eigenvalue weighted by molar-refractivity contribution is 0.154. The Morgan fingerprint density at radius 2 is 1.88 bits per heavy atom. The Morgan fingerprint density at radius 1 is 1.16 bits per heavy atom. The molecule has 0 aliphatic carbocycles. The van der Waals surface area contributed by atoms with Crippen LogP contribution >= 0.6 is 35.6 Å². The number of piperidine rings is 1. The van der Waals surface area contributed by atoms with E-state index < -0.39 is 10.0 Å². The normalized spacial score (nSPS) is 23.2. The molecule has 25 heavy (non-hydrogen) atoms. The number of rotatable bonds is 4. The molecule has 0 amide bonds. The monoisotopic (exact) mass is 427 g/mol. The number of benzene rings is 1. The number of hydrogen-bond donors (Lipinski definition) is 1. The summed E-state index contributed by atoms with van der Waals surface area (Å²) in [6, 6.07) is 4.56. The van der Waals surface area contributed by atoms with Crippen LogP contribution in [0.5, 0.6) is 0 Å². The van der Waals surface area contributed by atoms with Gasteiger partial charge in [0.25, 0.3) is 0 Å². The molecule has 3 rings (SSSR count). The van der Waals surface area contributed by atoms with Crippen molar-refractivity contribution in [2.75, 3.05) is 45.8 Å². The van der Waals surface area contributed by atoms with Crippen LogP contribution in [0.1, 0.15) is 12.8 Å². The van der Waals surface area contributed by atoms with E-state index in [2.05, 4.69) is 10.2 Å². The van der Waals surface area contributed by atoms with Crippen LogP contribution in [0.3, 0.4) is 0 Å². The molecule has 9 heteroatoms. The van der Waals surface area contributed by atoms with Gasteiger partial charge in [0, 0.05) is 37.7 Å². The van der Waals surface area contributed by atoms with Gasteiger partial charge in [-0.05, 0) is 50.0 Å². The summed E-state index contributed by atoms with van der Waals surface area (Å²) in [5, 5.41) is 4.02. The maximum Gasteiger partial charge on any atom is 0.244 e. The van der Waals surface area contributed by atoms with Gasteiger partial charge in [-0.1, -0.05) is 23.2 Å². The lowest BCUT2D eigenvalue weighted by Crippen LogP contribution is -2.50. The van der Waals surface area contributed by atoms with Gasteiger partial charge in [0.2, 0.25) is 10.0 Å². The molecule has 2 fully saturated rings. The minimum atomic E-state index is -3.59. The summed E-state index contributed by atoms with van der Waals surface area (Å²) in [5.74, 6) is 0.671. The van der Waals surface area contributed by atoms with Crippen LogP contribution in [0, 0.1) is 5.92 Å². The van der Waals surface area contributed by atoms with Crippen molar-refractivity contribution in [2.45, 2.75) is 17.7 Å². The van der Waals surface area contributed by atoms with Crippen molar-refractivity contribution < 1.29 is 8.42 Å². The van der Waals surface area contributed by atoms with E-state index in [1.165, 1.54) is 29.3 Å². The maximum absolute atomic E-state index is 12.8. The van der Waals surface area contributed by atoms with E-state index in [1.54, 1.807) is 6.07 Å². The second kappa shape index (κ2) is 9.22. The number of piperazine rings is 1. The van der Waals surface area contributed by atoms with E-state index >= 15 is 0 Å². The topological polar surface area (TPSA) is 52.7 Å². The molecule has 1 unspecified atom stereocenters. The molecule has 2 saturated heterocycles. The number of hydrogen-bond acceptors (Lipinski definition) is 4. The third-order valence-corrected chi connectivity index (χ3v) is 7.37. The highest BCUT2D eigenvalue weighted by atomic mass is 35.5. The summed E-state index contributed by atoms with van der Waals surface area (Å²) in [5.41, 5.74) is 0. The molecule has 5 nitrogen and oxygen atoms in total. The number of nitrogens with zero attached hydrogens (tertiary/aromatic N) is 2. The van der Waals surface area contributed by atoms with Gasteiger partial charge in [0.15, 0.2) is 0 Å². The van der Waals surface area contributed by atoms with Gasteiger partial charge in [-0.2, -0.15) is 4.31 Å². The SMILES string of the molecule is Cl.O=S(=O)(c1cc(Cl)ccc1Cl)N1CCN(CC2CCCNC2)CC1. The Kier molecular flexibility index (Phi) is 7.83. The molecule has 0 aromatic heterocycles. The molecule has 1 N–H and O–H groups in total. The Balaban J connectivity index is 0.00000225. The molecule has 1 atom stereocenters. The fourth-order valence-electron chi connectivity index (χ4n) is 3.41. The third-order valence-electron chi connectivity index (χ3n) is 4.76. The van der Waals surface area contributed by atoms with E-state index in [1.807, 2.05) is 0 Å². The maximum atomic E-state index is 12.8. The van der Waals surface area contributed by atoms with Gasteiger partial charge in [0.05, 0.1) is 5.02 Å². The van der Waals surface area contributed by atoms with Crippen molar-refractivity contribution in [3.8, 4) is 0 Å². The number of halogens is 3.